The van der Waals surface area contributed by atoms with Crippen LogP contribution in [0.25, 0.3) is 0 Å². The van der Waals surface area contributed by atoms with Gasteiger partial charge in [-0.25, -0.2) is 4.79 Å². The number of allylic oxidation sites excluding steroid dienone is 2. The topological polar surface area (TPSA) is 61.4 Å². The molecule has 0 unspecified atom stereocenters. The second-order valence-corrected chi connectivity index (χ2v) is 5.30. The van der Waals surface area contributed by atoms with E-state index in [1.807, 2.05) is 0 Å². The van der Waals surface area contributed by atoms with Crippen LogP contribution in [0.5, 0.6) is 5.75 Å². The summed E-state index contributed by atoms with van der Waals surface area (Å²) in [6.45, 7) is 0.253. The summed E-state index contributed by atoms with van der Waals surface area (Å²) in [6, 6.07) is 5.08. The summed E-state index contributed by atoms with van der Waals surface area (Å²) in [5.74, 6) is 0.0214. The van der Waals surface area contributed by atoms with E-state index in [-0.39, 0.29) is 24.4 Å². The predicted molar refractivity (Wildman–Crippen MR) is 79.9 cm³/mol. The minimum atomic E-state index is -0.212. The second-order valence-electron chi connectivity index (χ2n) is 4.90. The number of phenolic OH excluding ortho intramolecular Hbond substituents is 1. The molecule has 0 spiro atoms. The monoisotopic (exact) mass is 294 g/mol. The van der Waals surface area contributed by atoms with E-state index in [1.165, 1.54) is 0 Å². The molecule has 1 aliphatic carbocycles. The summed E-state index contributed by atoms with van der Waals surface area (Å²) in [7, 11) is 0. The Morgan fingerprint density at radius 1 is 1.30 bits per heavy atom. The van der Waals surface area contributed by atoms with Crippen molar-refractivity contribution in [1.82, 2.24) is 10.6 Å². The number of para-hydroxylation sites is 1. The third kappa shape index (κ3) is 4.17. The molecule has 2 amide bonds. The number of carbonyl (C=O) groups is 1. The normalized spacial score (nSPS) is 15.7. The van der Waals surface area contributed by atoms with E-state index >= 15 is 0 Å². The molecule has 1 aromatic carbocycles. The zero-order valence-corrected chi connectivity index (χ0v) is 12.0. The van der Waals surface area contributed by atoms with Crippen LogP contribution in [0.4, 0.5) is 4.79 Å². The summed E-state index contributed by atoms with van der Waals surface area (Å²) >= 11 is 5.82. The number of aromatic hydroxyl groups is 1. The molecular formula is C15H19ClN2O2. The van der Waals surface area contributed by atoms with Crippen molar-refractivity contribution >= 4 is 17.6 Å². The SMILES string of the molecule is O=C(NCc1cccc(Cl)c1O)NC1CCC=CCC1. The van der Waals surface area contributed by atoms with Gasteiger partial charge in [0.15, 0.2) is 0 Å². The molecule has 20 heavy (non-hydrogen) atoms. The van der Waals surface area contributed by atoms with Crippen LogP contribution in [0.2, 0.25) is 5.02 Å². The fourth-order valence-electron chi connectivity index (χ4n) is 2.23. The smallest absolute Gasteiger partial charge is 0.315 e. The van der Waals surface area contributed by atoms with Gasteiger partial charge in [-0.05, 0) is 31.7 Å². The fourth-order valence-corrected chi connectivity index (χ4v) is 2.43. The van der Waals surface area contributed by atoms with E-state index in [0.29, 0.717) is 10.6 Å². The molecule has 0 fully saturated rings. The first-order valence-corrected chi connectivity index (χ1v) is 7.20. The van der Waals surface area contributed by atoms with Crippen LogP contribution < -0.4 is 10.6 Å². The molecule has 0 radical (unpaired) electrons. The zero-order chi connectivity index (χ0) is 14.4. The number of hydrogen-bond donors (Lipinski definition) is 3. The number of rotatable bonds is 3. The van der Waals surface area contributed by atoms with Crippen molar-refractivity contribution in [2.45, 2.75) is 38.3 Å². The quantitative estimate of drug-likeness (QED) is 0.749. The van der Waals surface area contributed by atoms with Crippen LogP contribution >= 0.6 is 11.6 Å². The van der Waals surface area contributed by atoms with Crippen molar-refractivity contribution < 1.29 is 9.90 Å². The number of amides is 2. The van der Waals surface area contributed by atoms with E-state index in [0.717, 1.165) is 25.7 Å². The first-order valence-electron chi connectivity index (χ1n) is 6.82. The molecule has 0 saturated heterocycles. The van der Waals surface area contributed by atoms with Crippen molar-refractivity contribution in [2.75, 3.05) is 0 Å². The van der Waals surface area contributed by atoms with Crippen molar-refractivity contribution in [1.29, 1.82) is 0 Å². The lowest BCUT2D eigenvalue weighted by Crippen LogP contribution is -2.41. The van der Waals surface area contributed by atoms with Crippen molar-refractivity contribution in [2.24, 2.45) is 0 Å². The third-order valence-electron chi connectivity index (χ3n) is 3.38. The summed E-state index contributed by atoms with van der Waals surface area (Å²) in [6.07, 6.45) is 8.24. The van der Waals surface area contributed by atoms with Gasteiger partial charge in [0, 0.05) is 18.2 Å². The number of benzene rings is 1. The van der Waals surface area contributed by atoms with Crippen LogP contribution in [0.1, 0.15) is 31.2 Å². The molecule has 5 heteroatoms. The Labute approximate surface area is 123 Å². The zero-order valence-electron chi connectivity index (χ0n) is 11.2. The van der Waals surface area contributed by atoms with Gasteiger partial charge in [-0.2, -0.15) is 0 Å². The van der Waals surface area contributed by atoms with Crippen molar-refractivity contribution in [3.8, 4) is 5.75 Å². The first-order chi connectivity index (χ1) is 9.66. The number of phenols is 1. The molecule has 0 aliphatic heterocycles. The van der Waals surface area contributed by atoms with Crippen LogP contribution in [0.15, 0.2) is 30.4 Å². The molecule has 2 rings (SSSR count). The molecule has 1 aliphatic rings. The Bertz CT molecular complexity index is 493. The lowest BCUT2D eigenvalue weighted by Gasteiger charge is -2.17. The summed E-state index contributed by atoms with van der Waals surface area (Å²) in [5.41, 5.74) is 0.607. The Morgan fingerprint density at radius 2 is 2.00 bits per heavy atom. The van der Waals surface area contributed by atoms with Gasteiger partial charge in [0.25, 0.3) is 0 Å². The van der Waals surface area contributed by atoms with Crippen LogP contribution in [-0.4, -0.2) is 17.2 Å². The molecular weight excluding hydrogens is 276 g/mol. The number of carbonyl (C=O) groups excluding carboxylic acids is 1. The average Bonchev–Trinajstić information content (AvgIpc) is 2.69. The van der Waals surface area contributed by atoms with Crippen LogP contribution in [-0.2, 0) is 6.54 Å². The molecule has 0 aromatic heterocycles. The van der Waals surface area contributed by atoms with Gasteiger partial charge in [-0.1, -0.05) is 35.9 Å². The van der Waals surface area contributed by atoms with E-state index in [1.54, 1.807) is 18.2 Å². The molecule has 0 bridgehead atoms. The standard InChI is InChI=1S/C15H19ClN2O2/c16-13-9-5-6-11(14(13)19)10-17-15(20)18-12-7-3-1-2-4-8-12/h1-2,5-6,9,12,19H,3-4,7-8,10H2,(H2,17,18,20). The van der Waals surface area contributed by atoms with Gasteiger partial charge < -0.3 is 15.7 Å². The Morgan fingerprint density at radius 3 is 2.70 bits per heavy atom. The number of hydrogen-bond acceptors (Lipinski definition) is 2. The summed E-state index contributed by atoms with van der Waals surface area (Å²) in [4.78, 5) is 11.8. The van der Waals surface area contributed by atoms with Crippen molar-refractivity contribution in [3.63, 3.8) is 0 Å². The molecule has 1 aromatic rings. The average molecular weight is 295 g/mol. The van der Waals surface area contributed by atoms with Gasteiger partial charge in [0.1, 0.15) is 5.75 Å². The molecule has 108 valence electrons. The number of halogens is 1. The summed E-state index contributed by atoms with van der Waals surface area (Å²) in [5, 5.41) is 15.8. The van der Waals surface area contributed by atoms with Crippen LogP contribution in [0, 0.1) is 0 Å². The largest absolute Gasteiger partial charge is 0.506 e. The van der Waals surface area contributed by atoms with Gasteiger partial charge in [-0.15, -0.1) is 0 Å². The van der Waals surface area contributed by atoms with E-state index < -0.39 is 0 Å². The lowest BCUT2D eigenvalue weighted by atomic mass is 10.1. The number of nitrogens with one attached hydrogen (secondary N) is 2. The highest BCUT2D eigenvalue weighted by atomic mass is 35.5. The van der Waals surface area contributed by atoms with Crippen LogP contribution in [0.3, 0.4) is 0 Å². The molecule has 0 atom stereocenters. The molecule has 3 N–H and O–H groups in total. The predicted octanol–water partition coefficient (Wildman–Crippen LogP) is 3.34. The van der Waals surface area contributed by atoms with E-state index in [2.05, 4.69) is 22.8 Å². The Balaban J connectivity index is 1.81. The fraction of sp³-hybridized carbons (Fsp3) is 0.400. The third-order valence-corrected chi connectivity index (χ3v) is 3.68. The minimum Gasteiger partial charge on any atom is -0.506 e. The summed E-state index contributed by atoms with van der Waals surface area (Å²) < 4.78 is 0. The highest BCUT2D eigenvalue weighted by Crippen LogP contribution is 2.26. The van der Waals surface area contributed by atoms with Gasteiger partial charge in [0.05, 0.1) is 5.02 Å². The Hall–Kier alpha value is -1.68. The maximum atomic E-state index is 11.8. The Kier molecular flexibility index (Phi) is 5.30. The molecule has 0 heterocycles. The molecule has 4 nitrogen and oxygen atoms in total. The van der Waals surface area contributed by atoms with Crippen molar-refractivity contribution in [3.05, 3.63) is 40.9 Å². The highest BCUT2D eigenvalue weighted by Gasteiger charge is 2.13. The first kappa shape index (κ1) is 14.7. The van der Waals surface area contributed by atoms with Gasteiger partial charge in [-0.3, -0.25) is 0 Å². The molecule has 0 saturated carbocycles. The maximum absolute atomic E-state index is 11.8. The highest BCUT2D eigenvalue weighted by molar-refractivity contribution is 6.32. The van der Waals surface area contributed by atoms with Gasteiger partial charge >= 0.3 is 6.03 Å². The van der Waals surface area contributed by atoms with E-state index in [9.17, 15) is 9.90 Å². The second kappa shape index (κ2) is 7.20. The number of urea groups is 1. The lowest BCUT2D eigenvalue weighted by molar-refractivity contribution is 0.235. The van der Waals surface area contributed by atoms with E-state index in [4.69, 9.17) is 11.6 Å². The maximum Gasteiger partial charge on any atom is 0.315 e. The minimum absolute atomic E-state index is 0.0214. The van der Waals surface area contributed by atoms with Gasteiger partial charge in [0.2, 0.25) is 0 Å².